The Kier molecular flexibility index (Phi) is 1.34. The van der Waals surface area contributed by atoms with Crippen molar-refractivity contribution < 1.29 is 14.3 Å². The minimum atomic E-state index is -0.591. The first-order valence-corrected chi connectivity index (χ1v) is 5.30. The molecule has 3 aliphatic rings. The zero-order valence-corrected chi connectivity index (χ0v) is 8.87. The van der Waals surface area contributed by atoms with E-state index in [-0.39, 0.29) is 17.5 Å². The quantitative estimate of drug-likeness (QED) is 0.594. The third-order valence-corrected chi connectivity index (χ3v) is 4.89. The maximum absolute atomic E-state index is 11.8. The first kappa shape index (κ1) is 8.72. The van der Waals surface area contributed by atoms with Crippen LogP contribution in [0.15, 0.2) is 0 Å². The molecule has 5 unspecified atom stereocenters. The molecular weight excluding hydrogens is 180 g/mol. The number of carbonyl (C=O) groups excluding carboxylic acids is 1. The van der Waals surface area contributed by atoms with Crippen LogP contribution < -0.4 is 0 Å². The van der Waals surface area contributed by atoms with Crippen LogP contribution in [0.25, 0.3) is 0 Å². The second kappa shape index (κ2) is 2.16. The largest absolute Gasteiger partial charge is 0.459 e. The van der Waals surface area contributed by atoms with Gasteiger partial charge in [-0.3, -0.25) is 0 Å². The molecule has 78 valence electrons. The third-order valence-electron chi connectivity index (χ3n) is 4.89. The highest BCUT2D eigenvalue weighted by Gasteiger charge is 2.74. The van der Waals surface area contributed by atoms with Crippen molar-refractivity contribution in [2.24, 2.45) is 17.3 Å². The average Bonchev–Trinajstić information content (AvgIpc) is 2.65. The molecule has 0 amide bonds. The first-order chi connectivity index (χ1) is 6.53. The van der Waals surface area contributed by atoms with E-state index < -0.39 is 5.60 Å². The molecule has 0 aromatic carbocycles. The Balaban J connectivity index is 2.11. The van der Waals surface area contributed by atoms with E-state index in [4.69, 9.17) is 9.47 Å². The van der Waals surface area contributed by atoms with Gasteiger partial charge in [0.2, 0.25) is 0 Å². The van der Waals surface area contributed by atoms with Crippen LogP contribution in [0.1, 0.15) is 26.7 Å². The normalized spacial score (nSPS) is 59.4. The summed E-state index contributed by atoms with van der Waals surface area (Å²) in [5.74, 6) is 0.672. The minimum Gasteiger partial charge on any atom is -0.459 e. The van der Waals surface area contributed by atoms with E-state index in [1.807, 2.05) is 0 Å². The predicted octanol–water partition coefficient (Wildman–Crippen LogP) is 1.36. The molecule has 3 fully saturated rings. The van der Waals surface area contributed by atoms with Gasteiger partial charge in [0.25, 0.3) is 0 Å². The van der Waals surface area contributed by atoms with Gasteiger partial charge >= 0.3 is 5.97 Å². The van der Waals surface area contributed by atoms with Crippen molar-refractivity contribution in [2.75, 3.05) is 7.11 Å². The SMILES string of the molecule is COC12CC3(C)CC1C(OC2=O)C3C. The molecule has 3 heteroatoms. The third kappa shape index (κ3) is 0.659. The number of carbonyl (C=O) groups is 1. The lowest BCUT2D eigenvalue weighted by Crippen LogP contribution is -2.44. The fraction of sp³-hybridized carbons (Fsp3) is 0.909. The first-order valence-electron chi connectivity index (χ1n) is 5.30. The van der Waals surface area contributed by atoms with Crippen molar-refractivity contribution in [3.05, 3.63) is 0 Å². The van der Waals surface area contributed by atoms with Crippen LogP contribution in [0.4, 0.5) is 0 Å². The van der Waals surface area contributed by atoms with Crippen molar-refractivity contribution in [3.8, 4) is 0 Å². The lowest BCUT2D eigenvalue weighted by molar-refractivity contribution is -0.157. The summed E-state index contributed by atoms with van der Waals surface area (Å²) < 4.78 is 10.9. The van der Waals surface area contributed by atoms with E-state index in [0.29, 0.717) is 11.8 Å². The maximum Gasteiger partial charge on any atom is 0.339 e. The topological polar surface area (TPSA) is 35.5 Å². The lowest BCUT2D eigenvalue weighted by Gasteiger charge is -2.34. The summed E-state index contributed by atoms with van der Waals surface area (Å²) in [7, 11) is 1.64. The molecule has 1 saturated heterocycles. The standard InChI is InChI=1S/C11H16O3/c1-6-8-7-4-10(6,2)5-11(7,13-3)9(12)14-8/h6-8H,4-5H2,1-3H3. The summed E-state index contributed by atoms with van der Waals surface area (Å²) in [5, 5.41) is 0. The Labute approximate surface area is 83.8 Å². The van der Waals surface area contributed by atoms with Crippen molar-refractivity contribution in [2.45, 2.75) is 38.4 Å². The van der Waals surface area contributed by atoms with E-state index in [1.165, 1.54) is 0 Å². The Morgan fingerprint density at radius 2 is 2.29 bits per heavy atom. The second-order valence-electron chi connectivity index (χ2n) is 5.39. The van der Waals surface area contributed by atoms with Crippen molar-refractivity contribution in [1.82, 2.24) is 0 Å². The van der Waals surface area contributed by atoms with Crippen molar-refractivity contribution >= 4 is 5.97 Å². The minimum absolute atomic E-state index is 0.112. The molecule has 0 N–H and O–H groups in total. The highest BCUT2D eigenvalue weighted by molar-refractivity contribution is 5.84. The summed E-state index contributed by atoms with van der Waals surface area (Å²) in [5.41, 5.74) is -0.344. The van der Waals surface area contributed by atoms with Gasteiger partial charge in [0.1, 0.15) is 6.10 Å². The number of methoxy groups -OCH3 is 1. The predicted molar refractivity (Wildman–Crippen MR) is 49.6 cm³/mol. The van der Waals surface area contributed by atoms with E-state index in [1.54, 1.807) is 7.11 Å². The summed E-state index contributed by atoms with van der Waals surface area (Å²) in [6, 6.07) is 0. The van der Waals surface area contributed by atoms with Gasteiger partial charge in [-0.1, -0.05) is 13.8 Å². The maximum atomic E-state index is 11.8. The molecule has 2 aliphatic carbocycles. The van der Waals surface area contributed by atoms with E-state index in [9.17, 15) is 4.79 Å². The Bertz CT molecular complexity index is 314. The molecule has 2 saturated carbocycles. The van der Waals surface area contributed by atoms with Crippen LogP contribution >= 0.6 is 0 Å². The summed E-state index contributed by atoms with van der Waals surface area (Å²) in [6.07, 6.45) is 2.04. The number of rotatable bonds is 1. The van der Waals surface area contributed by atoms with Crippen LogP contribution in [-0.2, 0) is 14.3 Å². The van der Waals surface area contributed by atoms with E-state index >= 15 is 0 Å². The van der Waals surface area contributed by atoms with Crippen LogP contribution in [0.5, 0.6) is 0 Å². The summed E-state index contributed by atoms with van der Waals surface area (Å²) >= 11 is 0. The molecule has 14 heavy (non-hydrogen) atoms. The average molecular weight is 196 g/mol. The summed E-state index contributed by atoms with van der Waals surface area (Å²) in [6.45, 7) is 4.45. The van der Waals surface area contributed by atoms with Crippen LogP contribution in [0, 0.1) is 17.3 Å². The van der Waals surface area contributed by atoms with Gasteiger partial charge in [-0.05, 0) is 24.2 Å². The van der Waals surface area contributed by atoms with Crippen LogP contribution in [-0.4, -0.2) is 24.8 Å². The second-order valence-corrected chi connectivity index (χ2v) is 5.39. The molecule has 1 aliphatic heterocycles. The highest BCUT2D eigenvalue weighted by Crippen LogP contribution is 2.66. The molecule has 2 bridgehead atoms. The number of hydrogen-bond donors (Lipinski definition) is 0. The molecule has 5 atom stereocenters. The number of ether oxygens (including phenoxy) is 2. The van der Waals surface area contributed by atoms with Gasteiger partial charge in [-0.25, -0.2) is 4.79 Å². The van der Waals surface area contributed by atoms with Gasteiger partial charge in [0.05, 0.1) is 0 Å². The van der Waals surface area contributed by atoms with Gasteiger partial charge < -0.3 is 9.47 Å². The highest BCUT2D eigenvalue weighted by atomic mass is 16.6. The molecule has 3 nitrogen and oxygen atoms in total. The number of hydrogen-bond acceptors (Lipinski definition) is 3. The zero-order chi connectivity index (χ0) is 10.1. The number of fused-ring (bicyclic) bond motifs is 1. The van der Waals surface area contributed by atoms with Gasteiger partial charge in [0, 0.05) is 13.0 Å². The van der Waals surface area contributed by atoms with Gasteiger partial charge in [-0.2, -0.15) is 0 Å². The smallest absolute Gasteiger partial charge is 0.339 e. The molecule has 0 radical (unpaired) electrons. The Morgan fingerprint density at radius 3 is 2.86 bits per heavy atom. The van der Waals surface area contributed by atoms with Crippen molar-refractivity contribution in [3.63, 3.8) is 0 Å². The summed E-state index contributed by atoms with van der Waals surface area (Å²) in [4.78, 5) is 11.8. The van der Waals surface area contributed by atoms with Gasteiger partial charge in [0.15, 0.2) is 5.60 Å². The fourth-order valence-electron chi connectivity index (χ4n) is 3.88. The monoisotopic (exact) mass is 196 g/mol. The Hall–Kier alpha value is -0.570. The van der Waals surface area contributed by atoms with Crippen LogP contribution in [0.2, 0.25) is 0 Å². The van der Waals surface area contributed by atoms with Crippen molar-refractivity contribution in [1.29, 1.82) is 0 Å². The zero-order valence-electron chi connectivity index (χ0n) is 8.87. The molecule has 3 rings (SSSR count). The Morgan fingerprint density at radius 1 is 1.57 bits per heavy atom. The van der Waals surface area contributed by atoms with E-state index in [0.717, 1.165) is 12.8 Å². The molecule has 1 heterocycles. The molecule has 0 aromatic rings. The number of esters is 1. The van der Waals surface area contributed by atoms with Crippen LogP contribution in [0.3, 0.4) is 0 Å². The fourth-order valence-corrected chi connectivity index (χ4v) is 3.88. The molecular formula is C11H16O3. The molecule has 0 spiro atoms. The molecule has 0 aromatic heterocycles. The van der Waals surface area contributed by atoms with Gasteiger partial charge in [-0.15, -0.1) is 0 Å². The van der Waals surface area contributed by atoms with E-state index in [2.05, 4.69) is 13.8 Å². The lowest BCUT2D eigenvalue weighted by atomic mass is 9.72.